The molecule has 0 bridgehead atoms. The highest BCUT2D eigenvalue weighted by Crippen LogP contribution is 2.32. The van der Waals surface area contributed by atoms with Crippen molar-refractivity contribution in [2.75, 3.05) is 11.9 Å². The maximum absolute atomic E-state index is 11.4. The fourth-order valence-electron chi connectivity index (χ4n) is 1.25. The van der Waals surface area contributed by atoms with Gasteiger partial charge in [0, 0.05) is 0 Å². The summed E-state index contributed by atoms with van der Waals surface area (Å²) in [6.07, 6.45) is 0. The Kier molecular flexibility index (Phi) is 4.74. The number of aliphatic hydroxyl groups excluding tert-OH is 1. The second-order valence-corrected chi connectivity index (χ2v) is 7.07. The number of sulfonamides is 2. The van der Waals surface area contributed by atoms with Gasteiger partial charge in [0.1, 0.15) is 11.5 Å². The third-order valence-corrected chi connectivity index (χ3v) is 4.20. The molecule has 0 saturated carbocycles. The van der Waals surface area contributed by atoms with Crippen molar-refractivity contribution in [2.45, 2.75) is 9.79 Å². The molecule has 0 spiro atoms. The van der Waals surface area contributed by atoms with Crippen molar-refractivity contribution in [1.29, 1.82) is 0 Å². The first kappa shape index (κ1) is 16.8. The Bertz CT molecular complexity index is 759. The van der Waals surface area contributed by atoms with Gasteiger partial charge in [-0.1, -0.05) is 11.6 Å². The highest BCUT2D eigenvalue weighted by Gasteiger charge is 2.23. The van der Waals surface area contributed by atoms with Gasteiger partial charge in [0.05, 0.1) is 15.6 Å². The quantitative estimate of drug-likeness (QED) is 0.522. The van der Waals surface area contributed by atoms with Crippen LogP contribution in [0.25, 0.3) is 0 Å². The maximum Gasteiger partial charge on any atom is 0.250 e. The van der Waals surface area contributed by atoms with Crippen LogP contribution < -0.4 is 15.6 Å². The SMILES string of the molecule is NS(=O)(=O)c1cc(Cl)c(NC(=O)CO)c(S(N)(=O)=O)c1. The molecule has 12 heteroatoms. The molecular formula is C8H10ClN3O6S2. The summed E-state index contributed by atoms with van der Waals surface area (Å²) in [6, 6.07) is 1.50. The summed E-state index contributed by atoms with van der Waals surface area (Å²) in [5, 5.41) is 20.0. The Morgan fingerprint density at radius 1 is 1.20 bits per heavy atom. The van der Waals surface area contributed by atoms with E-state index in [9.17, 15) is 21.6 Å². The van der Waals surface area contributed by atoms with Gasteiger partial charge in [0.25, 0.3) is 0 Å². The Balaban J connectivity index is 3.65. The number of nitrogens with two attached hydrogens (primary N) is 2. The number of nitrogens with one attached hydrogen (secondary N) is 1. The van der Waals surface area contributed by atoms with Crippen molar-refractivity contribution >= 4 is 43.2 Å². The summed E-state index contributed by atoms with van der Waals surface area (Å²) in [5.74, 6) is -0.958. The number of benzene rings is 1. The molecule has 6 N–H and O–H groups in total. The van der Waals surface area contributed by atoms with E-state index >= 15 is 0 Å². The van der Waals surface area contributed by atoms with Crippen LogP contribution in [0.2, 0.25) is 5.02 Å². The van der Waals surface area contributed by atoms with Crippen LogP contribution >= 0.6 is 11.6 Å². The minimum Gasteiger partial charge on any atom is -0.387 e. The lowest BCUT2D eigenvalue weighted by Gasteiger charge is -2.12. The molecule has 0 saturated heterocycles. The van der Waals surface area contributed by atoms with Gasteiger partial charge in [-0.15, -0.1) is 0 Å². The Morgan fingerprint density at radius 3 is 2.15 bits per heavy atom. The lowest BCUT2D eigenvalue weighted by Crippen LogP contribution is -2.22. The number of rotatable bonds is 4. The van der Waals surface area contributed by atoms with E-state index in [-0.39, 0.29) is 0 Å². The van der Waals surface area contributed by atoms with Crippen molar-refractivity contribution in [3.63, 3.8) is 0 Å². The average molecular weight is 344 g/mol. The lowest BCUT2D eigenvalue weighted by molar-refractivity contribution is -0.118. The van der Waals surface area contributed by atoms with Crippen molar-refractivity contribution in [1.82, 2.24) is 0 Å². The molecule has 0 aliphatic heterocycles. The second-order valence-electron chi connectivity index (χ2n) is 3.57. The van der Waals surface area contributed by atoms with E-state index in [0.29, 0.717) is 6.07 Å². The monoisotopic (exact) mass is 343 g/mol. The standard InChI is InChI=1S/C8H10ClN3O6S2/c9-5-1-4(19(10,15)16)2-6(20(11,17)18)8(5)12-7(14)3-13/h1-2,13H,3H2,(H,12,14)(H2,10,15,16)(H2,11,17,18). The zero-order valence-electron chi connectivity index (χ0n) is 9.70. The number of hydrogen-bond donors (Lipinski definition) is 4. The summed E-state index contributed by atoms with van der Waals surface area (Å²) >= 11 is 5.71. The molecule has 1 aromatic carbocycles. The third kappa shape index (κ3) is 3.88. The highest BCUT2D eigenvalue weighted by atomic mass is 35.5. The van der Waals surface area contributed by atoms with Crippen LogP contribution in [0.5, 0.6) is 0 Å². The molecule has 1 aromatic rings. The topological polar surface area (TPSA) is 170 Å². The van der Waals surface area contributed by atoms with Gasteiger partial charge in [0.2, 0.25) is 26.0 Å². The van der Waals surface area contributed by atoms with Crippen molar-refractivity contribution in [3.8, 4) is 0 Å². The number of anilines is 1. The molecule has 0 radical (unpaired) electrons. The number of hydrogen-bond acceptors (Lipinski definition) is 6. The second kappa shape index (κ2) is 5.63. The van der Waals surface area contributed by atoms with E-state index in [1.54, 1.807) is 0 Å². The van der Waals surface area contributed by atoms with Gasteiger partial charge in [-0.05, 0) is 12.1 Å². The van der Waals surface area contributed by atoms with Crippen LogP contribution in [-0.2, 0) is 24.8 Å². The fourth-order valence-corrected chi connectivity index (χ4v) is 3.01. The number of halogens is 1. The third-order valence-electron chi connectivity index (χ3n) is 2.07. The predicted octanol–water partition coefficient (Wildman–Crippen LogP) is -1.43. The van der Waals surface area contributed by atoms with Crippen molar-refractivity contribution < 1.29 is 26.7 Å². The Labute approximate surface area is 119 Å². The normalized spacial score (nSPS) is 12.2. The van der Waals surface area contributed by atoms with Crippen LogP contribution in [0.15, 0.2) is 21.9 Å². The van der Waals surface area contributed by atoms with Crippen molar-refractivity contribution in [2.24, 2.45) is 10.3 Å². The minimum absolute atomic E-state index is 0.414. The van der Waals surface area contributed by atoms with Crippen LogP contribution in [0.1, 0.15) is 0 Å². The molecule has 0 atom stereocenters. The van der Waals surface area contributed by atoms with E-state index in [0.717, 1.165) is 6.07 Å². The minimum atomic E-state index is -4.39. The number of aliphatic hydroxyl groups is 1. The predicted molar refractivity (Wildman–Crippen MR) is 69.9 cm³/mol. The molecule has 1 rings (SSSR count). The van der Waals surface area contributed by atoms with E-state index < -0.39 is 53.1 Å². The smallest absolute Gasteiger partial charge is 0.250 e. The number of primary sulfonamides is 2. The Hall–Kier alpha value is -1.24. The molecule has 0 fully saturated rings. The fraction of sp³-hybridized carbons (Fsp3) is 0.125. The molecule has 0 unspecified atom stereocenters. The molecule has 0 aromatic heterocycles. The first-order valence-electron chi connectivity index (χ1n) is 4.76. The van der Waals surface area contributed by atoms with Gasteiger partial charge >= 0.3 is 0 Å². The summed E-state index contributed by atoms with van der Waals surface area (Å²) < 4.78 is 45.3. The van der Waals surface area contributed by atoms with Gasteiger partial charge < -0.3 is 10.4 Å². The van der Waals surface area contributed by atoms with Gasteiger partial charge in [-0.3, -0.25) is 4.79 Å². The van der Waals surface area contributed by atoms with Crippen LogP contribution in [0, 0.1) is 0 Å². The number of amides is 1. The number of carbonyl (C=O) groups is 1. The largest absolute Gasteiger partial charge is 0.387 e. The van der Waals surface area contributed by atoms with Crippen LogP contribution in [0.4, 0.5) is 5.69 Å². The summed E-state index contributed by atoms with van der Waals surface area (Å²) in [6.45, 7) is -0.933. The van der Waals surface area contributed by atoms with Crippen LogP contribution in [-0.4, -0.2) is 34.5 Å². The van der Waals surface area contributed by atoms with E-state index in [2.05, 4.69) is 0 Å². The van der Waals surface area contributed by atoms with E-state index in [1.165, 1.54) is 0 Å². The molecule has 20 heavy (non-hydrogen) atoms. The maximum atomic E-state index is 11.4. The van der Waals surface area contributed by atoms with E-state index in [4.69, 9.17) is 27.0 Å². The molecule has 112 valence electrons. The van der Waals surface area contributed by atoms with Crippen LogP contribution in [0.3, 0.4) is 0 Å². The summed E-state index contributed by atoms with van der Waals surface area (Å²) in [7, 11) is -8.62. The number of carbonyl (C=O) groups excluding carboxylic acids is 1. The van der Waals surface area contributed by atoms with Gasteiger partial charge in [0.15, 0.2) is 0 Å². The molecule has 9 nitrogen and oxygen atoms in total. The zero-order valence-corrected chi connectivity index (χ0v) is 12.1. The van der Waals surface area contributed by atoms with Gasteiger partial charge in [-0.2, -0.15) is 0 Å². The first-order valence-corrected chi connectivity index (χ1v) is 8.23. The molecule has 1 amide bonds. The first-order chi connectivity index (χ1) is 8.96. The highest BCUT2D eigenvalue weighted by molar-refractivity contribution is 7.90. The van der Waals surface area contributed by atoms with Gasteiger partial charge in [-0.25, -0.2) is 27.1 Å². The molecule has 0 aliphatic carbocycles. The van der Waals surface area contributed by atoms with E-state index in [1.807, 2.05) is 5.32 Å². The lowest BCUT2D eigenvalue weighted by atomic mass is 10.3. The summed E-state index contributed by atoms with van der Waals surface area (Å²) in [4.78, 5) is 9.77. The zero-order chi connectivity index (χ0) is 15.7. The summed E-state index contributed by atoms with van der Waals surface area (Å²) in [5.41, 5.74) is -0.444. The van der Waals surface area contributed by atoms with Crippen molar-refractivity contribution in [3.05, 3.63) is 17.2 Å². The molecule has 0 aliphatic rings. The average Bonchev–Trinajstić information content (AvgIpc) is 2.28. The Morgan fingerprint density at radius 2 is 1.75 bits per heavy atom. The molecule has 0 heterocycles. The molecular weight excluding hydrogens is 334 g/mol.